The second-order valence-electron chi connectivity index (χ2n) is 11.0. The van der Waals surface area contributed by atoms with Crippen molar-refractivity contribution in [2.24, 2.45) is 4.99 Å². The number of nitrogens with one attached hydrogen (secondary N) is 2. The molecule has 2 aliphatic heterocycles. The van der Waals surface area contributed by atoms with Crippen molar-refractivity contribution in [1.29, 1.82) is 0 Å². The summed E-state index contributed by atoms with van der Waals surface area (Å²) >= 11 is 0. The number of amides is 2. The van der Waals surface area contributed by atoms with Crippen LogP contribution in [0.25, 0.3) is 11.3 Å². The van der Waals surface area contributed by atoms with Gasteiger partial charge in [0.1, 0.15) is 0 Å². The smallest absolute Gasteiger partial charge is 0.256 e. The SMILES string of the molecule is COc1cc2c(cc1OCCCCC(=O)Nc1ccc(C)c(Nc3nccc(-c4cccnc4)n3)c1)N=C[C@@H]1CCCN1C2=O. The highest BCUT2D eigenvalue weighted by molar-refractivity contribution is 6.03. The largest absolute Gasteiger partial charge is 0.493 e. The number of ether oxygens (including phenoxy) is 2. The number of carbonyl (C=O) groups excluding carboxylic acids is 2. The summed E-state index contributed by atoms with van der Waals surface area (Å²) in [6.45, 7) is 3.11. The lowest BCUT2D eigenvalue weighted by Crippen LogP contribution is -2.35. The Balaban J connectivity index is 1.01. The molecule has 0 bridgehead atoms. The van der Waals surface area contributed by atoms with Crippen molar-refractivity contribution < 1.29 is 19.1 Å². The predicted octanol–water partition coefficient (Wildman–Crippen LogP) is 6.11. The molecule has 0 radical (unpaired) electrons. The number of nitrogens with zero attached hydrogens (tertiary/aromatic N) is 5. The first-order valence-corrected chi connectivity index (χ1v) is 15.1. The summed E-state index contributed by atoms with van der Waals surface area (Å²) in [4.78, 5) is 45.4. The van der Waals surface area contributed by atoms with E-state index < -0.39 is 0 Å². The van der Waals surface area contributed by atoms with E-state index in [4.69, 9.17) is 9.47 Å². The van der Waals surface area contributed by atoms with Crippen LogP contribution in [0, 0.1) is 6.92 Å². The van der Waals surface area contributed by atoms with Crippen molar-refractivity contribution in [3.63, 3.8) is 0 Å². The number of fused-ring (bicyclic) bond motifs is 2. The van der Waals surface area contributed by atoms with Crippen molar-refractivity contribution in [3.8, 4) is 22.8 Å². The fraction of sp³-hybridized carbons (Fsp3) is 0.294. The molecule has 1 saturated heterocycles. The number of pyridine rings is 1. The topological polar surface area (TPSA) is 131 Å². The molecule has 0 unspecified atom stereocenters. The summed E-state index contributed by atoms with van der Waals surface area (Å²) in [5, 5.41) is 6.25. The van der Waals surface area contributed by atoms with Crippen molar-refractivity contribution in [3.05, 3.63) is 78.2 Å². The minimum Gasteiger partial charge on any atom is -0.493 e. The molecule has 45 heavy (non-hydrogen) atoms. The molecule has 4 heterocycles. The molecule has 4 aromatic rings. The zero-order chi connectivity index (χ0) is 31.2. The van der Waals surface area contributed by atoms with Gasteiger partial charge in [-0.25, -0.2) is 9.97 Å². The number of hydrogen-bond donors (Lipinski definition) is 2. The number of hydrogen-bond acceptors (Lipinski definition) is 9. The normalized spacial score (nSPS) is 15.2. The summed E-state index contributed by atoms with van der Waals surface area (Å²) in [6.07, 6.45) is 10.6. The van der Waals surface area contributed by atoms with Crippen molar-refractivity contribution >= 4 is 41.0 Å². The molecule has 1 atom stereocenters. The molecule has 2 aromatic heterocycles. The standard InChI is InChI=1S/C34H35N7O4/c1-22-10-11-24(17-28(22)40-34-36-14-12-27(39-34)23-7-5-13-35-20-23)38-32(42)9-3-4-16-45-31-19-29-26(18-30(31)44-2)33(43)41-15-6-8-25(41)21-37-29/h5,7,10-14,17-21,25H,3-4,6,8-9,15-16H2,1-2H3,(H,38,42)(H,36,39,40)/t25-/m0/s1. The molecule has 2 amide bonds. The van der Waals surface area contributed by atoms with Gasteiger partial charge in [0.2, 0.25) is 11.9 Å². The Hall–Kier alpha value is -5.32. The summed E-state index contributed by atoms with van der Waals surface area (Å²) < 4.78 is 11.5. The van der Waals surface area contributed by atoms with Crippen LogP contribution in [0.5, 0.6) is 11.5 Å². The summed E-state index contributed by atoms with van der Waals surface area (Å²) in [7, 11) is 1.56. The van der Waals surface area contributed by atoms with Gasteiger partial charge in [-0.2, -0.15) is 0 Å². The van der Waals surface area contributed by atoms with Crippen LogP contribution in [0.4, 0.5) is 23.0 Å². The Morgan fingerprint density at radius 3 is 2.84 bits per heavy atom. The summed E-state index contributed by atoms with van der Waals surface area (Å²) in [6, 6.07) is 14.8. The second-order valence-corrected chi connectivity index (χ2v) is 11.0. The third-order valence-electron chi connectivity index (χ3n) is 7.89. The van der Waals surface area contributed by atoms with Crippen LogP contribution in [0.1, 0.15) is 48.0 Å². The number of carbonyl (C=O) groups is 2. The third kappa shape index (κ3) is 6.93. The maximum absolute atomic E-state index is 13.1. The molecule has 11 heteroatoms. The van der Waals surface area contributed by atoms with Crippen LogP contribution in [0.3, 0.4) is 0 Å². The van der Waals surface area contributed by atoms with Crippen LogP contribution in [-0.2, 0) is 4.79 Å². The van der Waals surface area contributed by atoms with E-state index in [0.717, 1.165) is 41.9 Å². The van der Waals surface area contributed by atoms with Gasteiger partial charge >= 0.3 is 0 Å². The molecule has 2 aliphatic rings. The van der Waals surface area contributed by atoms with E-state index in [1.165, 1.54) is 0 Å². The molecule has 2 N–H and O–H groups in total. The zero-order valence-corrected chi connectivity index (χ0v) is 25.3. The average Bonchev–Trinajstić information content (AvgIpc) is 3.49. The van der Waals surface area contributed by atoms with Crippen molar-refractivity contribution in [2.75, 3.05) is 30.9 Å². The van der Waals surface area contributed by atoms with Crippen LogP contribution < -0.4 is 20.1 Å². The monoisotopic (exact) mass is 605 g/mol. The van der Waals surface area contributed by atoms with E-state index in [1.54, 1.807) is 37.8 Å². The highest BCUT2D eigenvalue weighted by Gasteiger charge is 2.32. The lowest BCUT2D eigenvalue weighted by atomic mass is 10.1. The van der Waals surface area contributed by atoms with Crippen molar-refractivity contribution in [2.45, 2.75) is 45.1 Å². The number of benzene rings is 2. The third-order valence-corrected chi connectivity index (χ3v) is 7.89. The van der Waals surface area contributed by atoms with E-state index in [-0.39, 0.29) is 17.9 Å². The van der Waals surface area contributed by atoms with E-state index in [0.29, 0.717) is 60.3 Å². The van der Waals surface area contributed by atoms with Gasteiger partial charge in [-0.3, -0.25) is 19.6 Å². The Morgan fingerprint density at radius 2 is 2.00 bits per heavy atom. The molecular formula is C34H35N7O4. The van der Waals surface area contributed by atoms with Gasteiger partial charge in [-0.1, -0.05) is 6.07 Å². The Labute approximate surface area is 261 Å². The number of methoxy groups -OCH3 is 1. The van der Waals surface area contributed by atoms with E-state index >= 15 is 0 Å². The summed E-state index contributed by atoms with van der Waals surface area (Å²) in [5.74, 6) is 1.36. The highest BCUT2D eigenvalue weighted by atomic mass is 16.5. The quantitative estimate of drug-likeness (QED) is 0.196. The van der Waals surface area contributed by atoms with Crippen LogP contribution in [0.15, 0.2) is 72.1 Å². The zero-order valence-electron chi connectivity index (χ0n) is 25.3. The van der Waals surface area contributed by atoms with Gasteiger partial charge in [-0.05, 0) is 74.6 Å². The highest BCUT2D eigenvalue weighted by Crippen LogP contribution is 2.38. The molecule has 2 aromatic carbocycles. The van der Waals surface area contributed by atoms with Gasteiger partial charge in [0, 0.05) is 60.8 Å². The Morgan fingerprint density at radius 1 is 1.09 bits per heavy atom. The first-order valence-electron chi connectivity index (χ1n) is 15.1. The van der Waals surface area contributed by atoms with E-state index in [1.807, 2.05) is 54.4 Å². The number of unbranched alkanes of at least 4 members (excludes halogenated alkanes) is 1. The van der Waals surface area contributed by atoms with Crippen LogP contribution >= 0.6 is 0 Å². The maximum Gasteiger partial charge on any atom is 0.256 e. The lowest BCUT2D eigenvalue weighted by Gasteiger charge is -2.20. The number of aryl methyl sites for hydroxylation is 1. The first-order chi connectivity index (χ1) is 22.0. The van der Waals surface area contributed by atoms with Gasteiger partial charge in [0.05, 0.1) is 36.7 Å². The van der Waals surface area contributed by atoms with Crippen LogP contribution in [-0.4, -0.2) is 64.2 Å². The van der Waals surface area contributed by atoms with Crippen LogP contribution in [0.2, 0.25) is 0 Å². The predicted molar refractivity (Wildman–Crippen MR) is 173 cm³/mol. The molecule has 6 rings (SSSR count). The first kappa shape index (κ1) is 29.7. The second kappa shape index (κ2) is 13.5. The molecule has 11 nitrogen and oxygen atoms in total. The Bertz CT molecular complexity index is 1730. The van der Waals surface area contributed by atoms with E-state index in [2.05, 4.69) is 30.6 Å². The fourth-order valence-electron chi connectivity index (χ4n) is 5.46. The number of anilines is 3. The van der Waals surface area contributed by atoms with Gasteiger partial charge in [0.15, 0.2) is 11.5 Å². The van der Waals surface area contributed by atoms with Gasteiger partial charge in [0.25, 0.3) is 5.91 Å². The molecular weight excluding hydrogens is 570 g/mol. The maximum atomic E-state index is 13.1. The molecule has 0 spiro atoms. The number of aromatic nitrogens is 3. The van der Waals surface area contributed by atoms with Crippen molar-refractivity contribution in [1.82, 2.24) is 19.9 Å². The minimum atomic E-state index is -0.0874. The average molecular weight is 606 g/mol. The number of aliphatic imine (C=N–C) groups is 1. The molecule has 0 saturated carbocycles. The van der Waals surface area contributed by atoms with Gasteiger partial charge < -0.3 is 25.0 Å². The minimum absolute atomic E-state index is 0.0271. The van der Waals surface area contributed by atoms with E-state index in [9.17, 15) is 9.59 Å². The molecule has 1 fully saturated rings. The number of rotatable bonds is 11. The summed E-state index contributed by atoms with van der Waals surface area (Å²) in [5.41, 5.74) is 5.24. The molecule has 230 valence electrons. The molecule has 0 aliphatic carbocycles. The fourth-order valence-corrected chi connectivity index (χ4v) is 5.46. The lowest BCUT2D eigenvalue weighted by molar-refractivity contribution is -0.116. The van der Waals surface area contributed by atoms with Gasteiger partial charge in [-0.15, -0.1) is 0 Å². The Kier molecular flexibility index (Phi) is 8.95.